The number of hydrogen-bond donors (Lipinski definition) is 2. The SMILES string of the molecule is Cc1ccc(C(=O)N[C@H](C)c2ccc3c(c2)NC(=O)CO3)s1. The summed E-state index contributed by atoms with van der Waals surface area (Å²) in [6.07, 6.45) is 0. The molecule has 3 rings (SSSR count). The minimum atomic E-state index is -0.171. The van der Waals surface area contributed by atoms with E-state index in [1.807, 2.05) is 44.2 Å². The van der Waals surface area contributed by atoms with E-state index in [-0.39, 0.29) is 24.5 Å². The monoisotopic (exact) mass is 316 g/mol. The van der Waals surface area contributed by atoms with Gasteiger partial charge in [0.25, 0.3) is 11.8 Å². The lowest BCUT2D eigenvalue weighted by Crippen LogP contribution is -2.27. The first-order valence-electron chi connectivity index (χ1n) is 6.97. The van der Waals surface area contributed by atoms with Gasteiger partial charge < -0.3 is 15.4 Å². The highest BCUT2D eigenvalue weighted by atomic mass is 32.1. The fourth-order valence-corrected chi connectivity index (χ4v) is 3.05. The molecule has 1 aromatic carbocycles. The second-order valence-corrected chi connectivity index (χ2v) is 6.49. The van der Waals surface area contributed by atoms with Crippen LogP contribution in [0.4, 0.5) is 5.69 Å². The molecule has 1 aliphatic heterocycles. The third-order valence-corrected chi connectivity index (χ3v) is 4.45. The van der Waals surface area contributed by atoms with Crippen molar-refractivity contribution in [3.63, 3.8) is 0 Å². The molecule has 0 saturated heterocycles. The van der Waals surface area contributed by atoms with Crippen LogP contribution in [-0.4, -0.2) is 18.4 Å². The van der Waals surface area contributed by atoms with E-state index in [9.17, 15) is 9.59 Å². The molecule has 0 radical (unpaired) electrons. The molecule has 0 aliphatic carbocycles. The fraction of sp³-hybridized carbons (Fsp3) is 0.250. The van der Waals surface area contributed by atoms with E-state index in [1.54, 1.807) is 0 Å². The maximum Gasteiger partial charge on any atom is 0.262 e. The summed E-state index contributed by atoms with van der Waals surface area (Å²) in [5, 5.41) is 5.73. The summed E-state index contributed by atoms with van der Waals surface area (Å²) in [6.45, 7) is 3.92. The number of rotatable bonds is 3. The van der Waals surface area contributed by atoms with E-state index in [2.05, 4.69) is 10.6 Å². The van der Waals surface area contributed by atoms with Crippen LogP contribution in [0.5, 0.6) is 5.75 Å². The number of thiophene rings is 1. The number of amides is 2. The number of ether oxygens (including phenoxy) is 1. The molecule has 2 N–H and O–H groups in total. The van der Waals surface area contributed by atoms with Crippen LogP contribution in [0.25, 0.3) is 0 Å². The van der Waals surface area contributed by atoms with Crippen LogP contribution >= 0.6 is 11.3 Å². The van der Waals surface area contributed by atoms with Gasteiger partial charge in [-0.05, 0) is 43.7 Å². The highest BCUT2D eigenvalue weighted by molar-refractivity contribution is 7.13. The largest absolute Gasteiger partial charge is 0.482 e. The summed E-state index contributed by atoms with van der Waals surface area (Å²) in [6, 6.07) is 9.11. The Labute approximate surface area is 132 Å². The van der Waals surface area contributed by atoms with Crippen molar-refractivity contribution in [1.82, 2.24) is 5.32 Å². The van der Waals surface area contributed by atoms with Gasteiger partial charge in [-0.25, -0.2) is 0 Å². The van der Waals surface area contributed by atoms with E-state index in [0.717, 1.165) is 10.4 Å². The fourth-order valence-electron chi connectivity index (χ4n) is 2.28. The third kappa shape index (κ3) is 2.96. The Hall–Kier alpha value is -2.34. The molecule has 5 nitrogen and oxygen atoms in total. The second kappa shape index (κ2) is 5.81. The average molecular weight is 316 g/mol. The Morgan fingerprint density at radius 3 is 2.91 bits per heavy atom. The van der Waals surface area contributed by atoms with Gasteiger partial charge in [-0.2, -0.15) is 0 Å². The van der Waals surface area contributed by atoms with E-state index >= 15 is 0 Å². The van der Waals surface area contributed by atoms with Crippen molar-refractivity contribution < 1.29 is 14.3 Å². The molecule has 1 aliphatic rings. The highest BCUT2D eigenvalue weighted by Gasteiger charge is 2.18. The zero-order chi connectivity index (χ0) is 15.7. The lowest BCUT2D eigenvalue weighted by Gasteiger charge is -2.20. The van der Waals surface area contributed by atoms with Crippen LogP contribution < -0.4 is 15.4 Å². The van der Waals surface area contributed by atoms with E-state index in [1.165, 1.54) is 11.3 Å². The molecule has 1 atom stereocenters. The number of anilines is 1. The lowest BCUT2D eigenvalue weighted by atomic mass is 10.1. The molecule has 6 heteroatoms. The number of benzene rings is 1. The summed E-state index contributed by atoms with van der Waals surface area (Å²) >= 11 is 1.47. The smallest absolute Gasteiger partial charge is 0.262 e. The Balaban J connectivity index is 1.75. The Morgan fingerprint density at radius 1 is 1.36 bits per heavy atom. The van der Waals surface area contributed by atoms with Gasteiger partial charge in [-0.15, -0.1) is 11.3 Å². The Kier molecular flexibility index (Phi) is 3.85. The van der Waals surface area contributed by atoms with Gasteiger partial charge in [0, 0.05) is 4.88 Å². The van der Waals surface area contributed by atoms with Crippen molar-refractivity contribution in [2.75, 3.05) is 11.9 Å². The quantitative estimate of drug-likeness (QED) is 0.915. The molecule has 0 saturated carbocycles. The van der Waals surface area contributed by atoms with Crippen molar-refractivity contribution in [3.8, 4) is 5.75 Å². The average Bonchev–Trinajstić information content (AvgIpc) is 2.93. The van der Waals surface area contributed by atoms with Gasteiger partial charge in [0.2, 0.25) is 0 Å². The van der Waals surface area contributed by atoms with E-state index < -0.39 is 0 Å². The van der Waals surface area contributed by atoms with Gasteiger partial charge in [0.15, 0.2) is 6.61 Å². The van der Waals surface area contributed by atoms with Crippen LogP contribution in [0.1, 0.15) is 33.1 Å². The molecule has 2 heterocycles. The van der Waals surface area contributed by atoms with Gasteiger partial charge in [0.05, 0.1) is 16.6 Å². The molecule has 0 fully saturated rings. The zero-order valence-corrected chi connectivity index (χ0v) is 13.1. The first kappa shape index (κ1) is 14.6. The van der Waals surface area contributed by atoms with Gasteiger partial charge in [-0.3, -0.25) is 9.59 Å². The van der Waals surface area contributed by atoms with Crippen LogP contribution in [0.15, 0.2) is 30.3 Å². The standard InChI is InChI=1S/C16H16N2O3S/c1-9-3-6-14(22-9)16(20)17-10(2)11-4-5-13-12(7-11)18-15(19)8-21-13/h3-7,10H,8H2,1-2H3,(H,17,20)(H,18,19)/t10-/m1/s1. The van der Waals surface area contributed by atoms with Crippen molar-refractivity contribution in [3.05, 3.63) is 45.6 Å². The second-order valence-electron chi connectivity index (χ2n) is 5.20. The molecule has 114 valence electrons. The number of aryl methyl sites for hydroxylation is 1. The normalized spacial score (nSPS) is 14.5. The Morgan fingerprint density at radius 2 is 2.18 bits per heavy atom. The van der Waals surface area contributed by atoms with Crippen LogP contribution in [0, 0.1) is 6.92 Å². The molecule has 0 spiro atoms. The number of nitrogens with one attached hydrogen (secondary N) is 2. The van der Waals surface area contributed by atoms with Crippen molar-refractivity contribution in [2.45, 2.75) is 19.9 Å². The minimum Gasteiger partial charge on any atom is -0.482 e. The van der Waals surface area contributed by atoms with Crippen molar-refractivity contribution in [1.29, 1.82) is 0 Å². The van der Waals surface area contributed by atoms with Gasteiger partial charge in [-0.1, -0.05) is 6.07 Å². The number of hydrogen-bond acceptors (Lipinski definition) is 4. The number of carbonyl (C=O) groups is 2. The summed E-state index contributed by atoms with van der Waals surface area (Å²) in [4.78, 5) is 25.4. The van der Waals surface area contributed by atoms with Crippen LogP contribution in [0.3, 0.4) is 0 Å². The molecule has 0 unspecified atom stereocenters. The predicted octanol–water partition coefficient (Wildman–Crippen LogP) is 2.88. The molecule has 1 aromatic heterocycles. The first-order chi connectivity index (χ1) is 10.5. The van der Waals surface area contributed by atoms with Gasteiger partial charge >= 0.3 is 0 Å². The summed E-state index contributed by atoms with van der Waals surface area (Å²) < 4.78 is 5.33. The topological polar surface area (TPSA) is 67.4 Å². The van der Waals surface area contributed by atoms with Crippen LogP contribution in [-0.2, 0) is 4.79 Å². The third-order valence-electron chi connectivity index (χ3n) is 3.45. The van der Waals surface area contributed by atoms with Crippen LogP contribution in [0.2, 0.25) is 0 Å². The molecule has 2 aromatic rings. The zero-order valence-electron chi connectivity index (χ0n) is 12.3. The number of carbonyl (C=O) groups excluding carboxylic acids is 2. The maximum absolute atomic E-state index is 12.2. The minimum absolute atomic E-state index is 0.0381. The molecular formula is C16H16N2O3S. The lowest BCUT2D eigenvalue weighted by molar-refractivity contribution is -0.118. The van der Waals surface area contributed by atoms with E-state index in [0.29, 0.717) is 16.3 Å². The first-order valence-corrected chi connectivity index (χ1v) is 7.78. The predicted molar refractivity (Wildman–Crippen MR) is 85.5 cm³/mol. The molecule has 2 amide bonds. The summed E-state index contributed by atoms with van der Waals surface area (Å²) in [7, 11) is 0. The molecule has 22 heavy (non-hydrogen) atoms. The number of fused-ring (bicyclic) bond motifs is 1. The summed E-state index contributed by atoms with van der Waals surface area (Å²) in [5.74, 6) is 0.384. The van der Waals surface area contributed by atoms with Gasteiger partial charge in [0.1, 0.15) is 5.75 Å². The highest BCUT2D eigenvalue weighted by Crippen LogP contribution is 2.30. The Bertz CT molecular complexity index is 739. The molecular weight excluding hydrogens is 300 g/mol. The van der Waals surface area contributed by atoms with Crippen molar-refractivity contribution >= 4 is 28.8 Å². The van der Waals surface area contributed by atoms with Crippen molar-refractivity contribution in [2.24, 2.45) is 0 Å². The van der Waals surface area contributed by atoms with E-state index in [4.69, 9.17) is 4.74 Å². The summed E-state index contributed by atoms with van der Waals surface area (Å²) in [5.41, 5.74) is 1.55. The molecule has 0 bridgehead atoms. The maximum atomic E-state index is 12.2.